The summed E-state index contributed by atoms with van der Waals surface area (Å²) in [6.07, 6.45) is 0. The Morgan fingerprint density at radius 3 is 3.00 bits per heavy atom. The minimum absolute atomic E-state index is 0.305. The van der Waals surface area contributed by atoms with Gasteiger partial charge in [0, 0.05) is 5.39 Å². The van der Waals surface area contributed by atoms with Gasteiger partial charge in [-0.2, -0.15) is 0 Å². The van der Waals surface area contributed by atoms with Crippen molar-refractivity contribution in [2.75, 3.05) is 6.61 Å². The van der Waals surface area contributed by atoms with Gasteiger partial charge in [0.25, 0.3) is 0 Å². The Bertz CT molecular complexity index is 464. The molecule has 4 heteroatoms. The highest BCUT2D eigenvalue weighted by Gasteiger charge is 2.13. The van der Waals surface area contributed by atoms with Crippen LogP contribution in [-0.2, 0) is 0 Å². The number of rotatable bonds is 2. The number of aromatic hydroxyl groups is 1. The molecule has 1 aromatic carbocycles. The summed E-state index contributed by atoms with van der Waals surface area (Å²) in [7, 11) is 0. The largest absolute Gasteiger partial charge is 0.506 e. The molecule has 2 rings (SSSR count). The molecule has 0 aliphatic carbocycles. The van der Waals surface area contributed by atoms with E-state index in [1.54, 1.807) is 6.07 Å². The van der Waals surface area contributed by atoms with Crippen molar-refractivity contribution in [1.82, 2.24) is 0 Å². The Hall–Kier alpha value is -0.740. The fourth-order valence-electron chi connectivity index (χ4n) is 1.33. The number of benzene rings is 1. The first-order chi connectivity index (χ1) is 6.74. The van der Waals surface area contributed by atoms with Crippen LogP contribution < -0.4 is 4.74 Å². The summed E-state index contributed by atoms with van der Waals surface area (Å²) in [6, 6.07) is 5.45. The van der Waals surface area contributed by atoms with Crippen LogP contribution in [-0.4, -0.2) is 11.7 Å². The maximum absolute atomic E-state index is 9.61. The molecular weight excluding hydrogens is 264 g/mol. The zero-order valence-electron chi connectivity index (χ0n) is 7.58. The fourth-order valence-corrected chi connectivity index (χ4v) is 3.03. The zero-order valence-corrected chi connectivity index (χ0v) is 9.98. The second-order valence-corrected chi connectivity index (χ2v) is 5.13. The lowest BCUT2D eigenvalue weighted by Crippen LogP contribution is -1.90. The molecule has 0 saturated carbocycles. The van der Waals surface area contributed by atoms with Crippen molar-refractivity contribution in [2.24, 2.45) is 0 Å². The highest BCUT2D eigenvalue weighted by atomic mass is 79.9. The van der Waals surface area contributed by atoms with E-state index in [-0.39, 0.29) is 0 Å². The Morgan fingerprint density at radius 1 is 1.50 bits per heavy atom. The lowest BCUT2D eigenvalue weighted by molar-refractivity contribution is 0.343. The first kappa shape index (κ1) is 9.80. The number of halogens is 1. The van der Waals surface area contributed by atoms with E-state index in [0.29, 0.717) is 12.4 Å². The molecule has 1 N–H and O–H groups in total. The van der Waals surface area contributed by atoms with Crippen molar-refractivity contribution in [3.8, 4) is 11.5 Å². The molecule has 0 spiro atoms. The van der Waals surface area contributed by atoms with E-state index < -0.39 is 0 Å². The third-order valence-electron chi connectivity index (χ3n) is 1.90. The molecule has 0 radical (unpaired) electrons. The smallest absolute Gasteiger partial charge is 0.152 e. The monoisotopic (exact) mass is 272 g/mol. The van der Waals surface area contributed by atoms with Crippen LogP contribution in [0.15, 0.2) is 22.0 Å². The van der Waals surface area contributed by atoms with Gasteiger partial charge in [-0.1, -0.05) is 6.07 Å². The van der Waals surface area contributed by atoms with Crippen molar-refractivity contribution in [2.45, 2.75) is 6.92 Å². The van der Waals surface area contributed by atoms with E-state index in [1.165, 1.54) is 11.3 Å². The van der Waals surface area contributed by atoms with E-state index in [4.69, 9.17) is 4.74 Å². The van der Waals surface area contributed by atoms with Crippen molar-refractivity contribution < 1.29 is 9.84 Å². The highest BCUT2D eigenvalue weighted by molar-refractivity contribution is 9.11. The Kier molecular flexibility index (Phi) is 2.65. The summed E-state index contributed by atoms with van der Waals surface area (Å²) in [5.74, 6) is 1.13. The summed E-state index contributed by atoms with van der Waals surface area (Å²) < 4.78 is 7.29. The molecule has 0 fully saturated rings. The summed E-state index contributed by atoms with van der Waals surface area (Å²) >= 11 is 4.91. The minimum atomic E-state index is 0.305. The van der Waals surface area contributed by atoms with Gasteiger partial charge < -0.3 is 9.84 Å². The van der Waals surface area contributed by atoms with E-state index in [2.05, 4.69) is 15.9 Å². The molecule has 0 aliphatic heterocycles. The number of phenols is 1. The first-order valence-corrected chi connectivity index (χ1v) is 5.87. The van der Waals surface area contributed by atoms with Gasteiger partial charge in [-0.05, 0) is 35.0 Å². The third kappa shape index (κ3) is 1.48. The van der Waals surface area contributed by atoms with Crippen molar-refractivity contribution >= 4 is 37.4 Å². The van der Waals surface area contributed by atoms with Crippen LogP contribution in [0.5, 0.6) is 11.5 Å². The van der Waals surface area contributed by atoms with Crippen LogP contribution in [0.25, 0.3) is 10.1 Å². The van der Waals surface area contributed by atoms with Gasteiger partial charge in [-0.25, -0.2) is 0 Å². The summed E-state index contributed by atoms with van der Waals surface area (Å²) in [4.78, 5) is 0. The molecule has 0 amide bonds. The number of phenolic OH excluding ortho intramolecular Hbond substituents is 1. The van der Waals surface area contributed by atoms with Gasteiger partial charge in [0.15, 0.2) is 5.75 Å². The molecule has 1 heterocycles. The van der Waals surface area contributed by atoms with Crippen LogP contribution in [0.4, 0.5) is 0 Å². The van der Waals surface area contributed by atoms with Crippen LogP contribution in [0.1, 0.15) is 6.92 Å². The predicted molar refractivity (Wildman–Crippen MR) is 62.4 cm³/mol. The number of hydrogen-bond donors (Lipinski definition) is 1. The summed E-state index contributed by atoms with van der Waals surface area (Å²) in [6.45, 7) is 2.57. The number of fused-ring (bicyclic) bond motifs is 1. The van der Waals surface area contributed by atoms with Crippen molar-refractivity contribution in [3.63, 3.8) is 0 Å². The van der Waals surface area contributed by atoms with E-state index in [9.17, 15) is 5.11 Å². The van der Waals surface area contributed by atoms with Crippen LogP contribution in [0.2, 0.25) is 0 Å². The maximum atomic E-state index is 9.61. The van der Waals surface area contributed by atoms with Crippen molar-refractivity contribution in [3.05, 3.63) is 22.0 Å². The first-order valence-electron chi connectivity index (χ1n) is 4.26. The Balaban J connectivity index is 2.70. The molecular formula is C10H9BrO2S. The molecule has 2 nitrogen and oxygen atoms in total. The quantitative estimate of drug-likeness (QED) is 0.902. The van der Waals surface area contributed by atoms with Gasteiger partial charge in [-0.15, -0.1) is 11.3 Å². The van der Waals surface area contributed by atoms with E-state index in [1.807, 2.05) is 19.1 Å². The van der Waals surface area contributed by atoms with Gasteiger partial charge in [0.1, 0.15) is 9.54 Å². The average molecular weight is 273 g/mol. The normalized spacial score (nSPS) is 10.7. The molecule has 74 valence electrons. The maximum Gasteiger partial charge on any atom is 0.152 e. The fraction of sp³-hybridized carbons (Fsp3) is 0.200. The lowest BCUT2D eigenvalue weighted by Gasteiger charge is -2.01. The van der Waals surface area contributed by atoms with Crippen LogP contribution >= 0.6 is 27.3 Å². The van der Waals surface area contributed by atoms with Crippen LogP contribution in [0.3, 0.4) is 0 Å². The zero-order chi connectivity index (χ0) is 10.1. The molecule has 0 aliphatic rings. The molecule has 0 unspecified atom stereocenters. The number of thiophene rings is 1. The van der Waals surface area contributed by atoms with Gasteiger partial charge in [0.05, 0.1) is 11.3 Å². The Morgan fingerprint density at radius 2 is 2.29 bits per heavy atom. The average Bonchev–Trinajstić information content (AvgIpc) is 2.47. The second-order valence-electron chi connectivity index (χ2n) is 2.79. The standard InChI is InChI=1S/C10H9BrO2S/c1-2-13-8-6-4-3-5-7(12)9(6)14-10(8)11/h3-5,12H,2H2,1H3. The van der Waals surface area contributed by atoms with E-state index in [0.717, 1.165) is 19.6 Å². The van der Waals surface area contributed by atoms with E-state index >= 15 is 0 Å². The summed E-state index contributed by atoms with van der Waals surface area (Å²) in [5, 5.41) is 10.6. The molecule has 0 atom stereocenters. The number of hydrogen-bond acceptors (Lipinski definition) is 3. The molecule has 0 saturated heterocycles. The number of ether oxygens (including phenoxy) is 1. The molecule has 2 aromatic rings. The third-order valence-corrected chi connectivity index (χ3v) is 3.74. The SMILES string of the molecule is CCOc1c(Br)sc2c(O)cccc12. The topological polar surface area (TPSA) is 29.5 Å². The molecule has 0 bridgehead atoms. The highest BCUT2D eigenvalue weighted by Crippen LogP contribution is 2.44. The van der Waals surface area contributed by atoms with Gasteiger partial charge in [0.2, 0.25) is 0 Å². The van der Waals surface area contributed by atoms with Gasteiger partial charge in [-0.3, -0.25) is 0 Å². The second kappa shape index (κ2) is 3.79. The van der Waals surface area contributed by atoms with Gasteiger partial charge >= 0.3 is 0 Å². The van der Waals surface area contributed by atoms with Crippen LogP contribution in [0, 0.1) is 0 Å². The predicted octanol–water partition coefficient (Wildman–Crippen LogP) is 3.77. The molecule has 14 heavy (non-hydrogen) atoms. The minimum Gasteiger partial charge on any atom is -0.506 e. The van der Waals surface area contributed by atoms with Crippen molar-refractivity contribution in [1.29, 1.82) is 0 Å². The lowest BCUT2D eigenvalue weighted by atomic mass is 10.2. The Labute approximate surface area is 94.3 Å². The summed E-state index contributed by atoms with van der Waals surface area (Å²) in [5.41, 5.74) is 0. The molecule has 1 aromatic heterocycles.